The third-order valence-corrected chi connectivity index (χ3v) is 6.34. The van der Waals surface area contributed by atoms with Gasteiger partial charge in [0.25, 0.3) is 0 Å². The van der Waals surface area contributed by atoms with Gasteiger partial charge in [-0.25, -0.2) is 13.1 Å². The summed E-state index contributed by atoms with van der Waals surface area (Å²) in [5, 5.41) is 8.06. The molecule has 0 bridgehead atoms. The van der Waals surface area contributed by atoms with Crippen molar-refractivity contribution in [2.75, 3.05) is 0 Å². The van der Waals surface area contributed by atoms with Gasteiger partial charge in [0.1, 0.15) is 0 Å². The summed E-state index contributed by atoms with van der Waals surface area (Å²) in [6.07, 6.45) is 3.45. The van der Waals surface area contributed by atoms with Gasteiger partial charge in [-0.3, -0.25) is 4.68 Å². The molecule has 1 N–H and O–H groups in total. The summed E-state index contributed by atoms with van der Waals surface area (Å²) < 4.78 is 35.2. The summed E-state index contributed by atoms with van der Waals surface area (Å²) in [4.78, 5) is 4.56. The minimum absolute atomic E-state index is 0.0802. The molecule has 0 saturated carbocycles. The quantitative estimate of drug-likeness (QED) is 0.695. The zero-order chi connectivity index (χ0) is 19.8. The van der Waals surface area contributed by atoms with Gasteiger partial charge < -0.3 is 4.52 Å². The molecule has 0 spiro atoms. The normalized spacial score (nSPS) is 11.9. The lowest BCUT2D eigenvalue weighted by atomic mass is 10.0. The van der Waals surface area contributed by atoms with Crippen molar-refractivity contribution < 1.29 is 12.9 Å². The number of sulfonamides is 1. The van der Waals surface area contributed by atoms with Crippen LogP contribution < -0.4 is 4.72 Å². The van der Waals surface area contributed by atoms with Crippen LogP contribution in [0.1, 0.15) is 35.1 Å². The van der Waals surface area contributed by atoms with E-state index in [1.165, 1.54) is 0 Å². The van der Waals surface area contributed by atoms with Crippen molar-refractivity contribution in [3.05, 3.63) is 46.6 Å². The Hall–Kier alpha value is -2.52. The standard InChI is InChI=1S/C18H23N5O3S/c1-6-23-10-15(8-19-23)18-21-16(26-22-18)9-20-27(24,25)17-13(4)11(2)7-12(3)14(17)5/h7-8,10,20H,6,9H2,1-5H3. The fraction of sp³-hybridized carbons (Fsp3) is 0.389. The molecule has 0 aliphatic carbocycles. The Morgan fingerprint density at radius 3 is 2.41 bits per heavy atom. The number of nitrogens with one attached hydrogen (secondary N) is 1. The average Bonchev–Trinajstić information content (AvgIpc) is 3.27. The molecule has 8 nitrogen and oxygen atoms in total. The fourth-order valence-corrected chi connectivity index (χ4v) is 4.49. The zero-order valence-corrected chi connectivity index (χ0v) is 16.9. The van der Waals surface area contributed by atoms with E-state index < -0.39 is 10.0 Å². The molecular formula is C18H23N5O3S. The molecule has 144 valence electrons. The number of rotatable bonds is 6. The van der Waals surface area contributed by atoms with Crippen LogP contribution >= 0.6 is 0 Å². The van der Waals surface area contributed by atoms with E-state index in [1.54, 1.807) is 17.1 Å². The van der Waals surface area contributed by atoms with Gasteiger partial charge in [0.15, 0.2) is 0 Å². The molecule has 0 aliphatic rings. The highest BCUT2D eigenvalue weighted by Gasteiger charge is 2.23. The predicted molar refractivity (Wildman–Crippen MR) is 101 cm³/mol. The third-order valence-electron chi connectivity index (χ3n) is 4.66. The van der Waals surface area contributed by atoms with Crippen molar-refractivity contribution in [1.82, 2.24) is 24.6 Å². The Kier molecular flexibility index (Phi) is 5.16. The number of nitrogens with zero attached hydrogens (tertiary/aromatic N) is 4. The van der Waals surface area contributed by atoms with Gasteiger partial charge in [-0.05, 0) is 56.9 Å². The summed E-state index contributed by atoms with van der Waals surface area (Å²) in [7, 11) is -3.71. The molecule has 3 rings (SSSR count). The van der Waals surface area contributed by atoms with Gasteiger partial charge in [-0.15, -0.1) is 0 Å². The molecule has 1 aromatic carbocycles. The van der Waals surface area contributed by atoms with Crippen LogP contribution in [0, 0.1) is 27.7 Å². The molecule has 0 aliphatic heterocycles. The van der Waals surface area contributed by atoms with Gasteiger partial charge in [0.2, 0.25) is 21.7 Å². The van der Waals surface area contributed by atoms with E-state index in [0.29, 0.717) is 10.7 Å². The van der Waals surface area contributed by atoms with E-state index in [2.05, 4.69) is 20.0 Å². The Morgan fingerprint density at radius 2 is 1.81 bits per heavy atom. The fourth-order valence-electron chi connectivity index (χ4n) is 2.91. The maximum Gasteiger partial charge on any atom is 0.242 e. The smallest absolute Gasteiger partial charge is 0.242 e. The molecule has 0 amide bonds. The number of aryl methyl sites for hydroxylation is 3. The summed E-state index contributed by atoms with van der Waals surface area (Å²) in [6, 6.07) is 1.99. The molecule has 0 atom stereocenters. The first-order valence-corrected chi connectivity index (χ1v) is 10.1. The van der Waals surface area contributed by atoms with Gasteiger partial charge in [0, 0.05) is 12.7 Å². The van der Waals surface area contributed by atoms with Crippen LogP contribution in [0.3, 0.4) is 0 Å². The van der Waals surface area contributed by atoms with Crippen molar-refractivity contribution in [3.63, 3.8) is 0 Å². The first-order chi connectivity index (χ1) is 12.7. The maximum absolute atomic E-state index is 12.9. The van der Waals surface area contributed by atoms with Crippen molar-refractivity contribution in [2.45, 2.75) is 52.6 Å². The van der Waals surface area contributed by atoms with Gasteiger partial charge in [-0.1, -0.05) is 11.2 Å². The van der Waals surface area contributed by atoms with Crippen LogP contribution in [0.4, 0.5) is 0 Å². The van der Waals surface area contributed by atoms with Crippen LogP contribution in [0.2, 0.25) is 0 Å². The van der Waals surface area contributed by atoms with Crippen molar-refractivity contribution in [1.29, 1.82) is 0 Å². The highest BCUT2D eigenvalue weighted by Crippen LogP contribution is 2.26. The second kappa shape index (κ2) is 7.24. The van der Waals surface area contributed by atoms with Crippen molar-refractivity contribution in [3.8, 4) is 11.4 Å². The summed E-state index contributed by atoms with van der Waals surface area (Å²) in [5.74, 6) is 0.570. The molecule has 3 aromatic rings. The van der Waals surface area contributed by atoms with E-state index in [-0.39, 0.29) is 12.4 Å². The zero-order valence-electron chi connectivity index (χ0n) is 16.1. The van der Waals surface area contributed by atoms with Crippen molar-refractivity contribution >= 4 is 10.0 Å². The number of aromatic nitrogens is 4. The number of benzene rings is 1. The molecule has 2 heterocycles. The van der Waals surface area contributed by atoms with E-state index in [0.717, 1.165) is 34.4 Å². The van der Waals surface area contributed by atoms with E-state index >= 15 is 0 Å². The Balaban J connectivity index is 1.81. The minimum Gasteiger partial charge on any atom is -0.338 e. The minimum atomic E-state index is -3.71. The topological polar surface area (TPSA) is 103 Å². The summed E-state index contributed by atoms with van der Waals surface area (Å²) >= 11 is 0. The lowest BCUT2D eigenvalue weighted by molar-refractivity contribution is 0.376. The monoisotopic (exact) mass is 389 g/mol. The maximum atomic E-state index is 12.9. The third kappa shape index (κ3) is 3.79. The second-order valence-corrected chi connectivity index (χ2v) is 8.21. The van der Waals surface area contributed by atoms with Gasteiger partial charge in [-0.2, -0.15) is 10.1 Å². The lowest BCUT2D eigenvalue weighted by Gasteiger charge is -2.15. The van der Waals surface area contributed by atoms with E-state index in [1.807, 2.05) is 40.7 Å². The SMILES string of the molecule is CCn1cc(-c2noc(CNS(=O)(=O)c3c(C)c(C)cc(C)c3C)n2)cn1. The highest BCUT2D eigenvalue weighted by molar-refractivity contribution is 7.89. The molecule has 0 fully saturated rings. The van der Waals surface area contributed by atoms with Gasteiger partial charge >= 0.3 is 0 Å². The largest absolute Gasteiger partial charge is 0.338 e. The first kappa shape index (κ1) is 19.2. The molecule has 0 unspecified atom stereocenters. The summed E-state index contributed by atoms with van der Waals surface area (Å²) in [5.41, 5.74) is 4.07. The van der Waals surface area contributed by atoms with Crippen LogP contribution in [0.25, 0.3) is 11.4 Å². The highest BCUT2D eigenvalue weighted by atomic mass is 32.2. The average molecular weight is 389 g/mol. The summed E-state index contributed by atoms with van der Waals surface area (Å²) in [6.45, 7) is 10.1. The Bertz CT molecular complexity index is 1060. The van der Waals surface area contributed by atoms with Crippen LogP contribution in [-0.4, -0.2) is 28.3 Å². The van der Waals surface area contributed by atoms with Crippen LogP contribution in [-0.2, 0) is 23.1 Å². The molecule has 0 radical (unpaired) electrons. The predicted octanol–water partition coefficient (Wildman–Crippen LogP) is 2.67. The van der Waals surface area contributed by atoms with E-state index in [4.69, 9.17) is 4.52 Å². The van der Waals surface area contributed by atoms with Crippen LogP contribution in [0.5, 0.6) is 0 Å². The number of hydrogen-bond acceptors (Lipinski definition) is 6. The molecule has 9 heteroatoms. The first-order valence-electron chi connectivity index (χ1n) is 8.65. The number of hydrogen-bond donors (Lipinski definition) is 1. The van der Waals surface area contributed by atoms with Crippen molar-refractivity contribution in [2.24, 2.45) is 0 Å². The molecular weight excluding hydrogens is 366 g/mol. The molecule has 2 aromatic heterocycles. The lowest BCUT2D eigenvalue weighted by Crippen LogP contribution is -2.25. The second-order valence-electron chi connectivity index (χ2n) is 6.51. The Labute approximate surface area is 158 Å². The van der Waals surface area contributed by atoms with E-state index in [9.17, 15) is 8.42 Å². The Morgan fingerprint density at radius 1 is 1.15 bits per heavy atom. The van der Waals surface area contributed by atoms with Crippen LogP contribution in [0.15, 0.2) is 27.9 Å². The molecule has 27 heavy (non-hydrogen) atoms. The molecule has 0 saturated heterocycles. The van der Waals surface area contributed by atoms with Gasteiger partial charge in [0.05, 0.1) is 23.2 Å².